The molecule has 0 saturated heterocycles. The second-order valence-corrected chi connectivity index (χ2v) is 8.11. The average molecular weight is 363 g/mol. The van der Waals surface area contributed by atoms with E-state index in [1.54, 1.807) is 24.3 Å². The van der Waals surface area contributed by atoms with Crippen molar-refractivity contribution in [3.05, 3.63) is 34.9 Å². The number of carbonyl (C=O) groups excluding carboxylic acids is 2. The lowest BCUT2D eigenvalue weighted by atomic mass is 9.70. The van der Waals surface area contributed by atoms with Crippen LogP contribution in [0, 0.1) is 16.7 Å². The number of hydrazone groups is 1. The van der Waals surface area contributed by atoms with Crippen LogP contribution >= 0.6 is 11.6 Å². The molecule has 25 heavy (non-hydrogen) atoms. The number of benzene rings is 1. The van der Waals surface area contributed by atoms with E-state index in [1.807, 2.05) is 0 Å². The lowest BCUT2D eigenvalue weighted by Crippen LogP contribution is -2.34. The summed E-state index contributed by atoms with van der Waals surface area (Å²) in [6.45, 7) is 6.43. The van der Waals surface area contributed by atoms with E-state index >= 15 is 0 Å². The summed E-state index contributed by atoms with van der Waals surface area (Å²) in [6.07, 6.45) is 3.24. The van der Waals surface area contributed by atoms with Crippen molar-refractivity contribution < 1.29 is 14.3 Å². The Bertz CT molecular complexity index is 727. The molecule has 2 unspecified atom stereocenters. The van der Waals surface area contributed by atoms with Crippen LogP contribution in [0.25, 0.3) is 0 Å². The SMILES string of the molecule is CC12CCC(C/C1=N\NC(=O)COC(=O)c1ccc(Cl)cc1)C2(C)C. The minimum atomic E-state index is -0.563. The summed E-state index contributed by atoms with van der Waals surface area (Å²) in [4.78, 5) is 23.8. The summed E-state index contributed by atoms with van der Waals surface area (Å²) in [6, 6.07) is 6.31. The molecule has 1 amide bonds. The van der Waals surface area contributed by atoms with Crippen LogP contribution in [0.1, 0.15) is 50.4 Å². The molecule has 0 aliphatic heterocycles. The molecule has 1 aromatic rings. The van der Waals surface area contributed by atoms with Gasteiger partial charge in [0, 0.05) is 16.1 Å². The zero-order valence-corrected chi connectivity index (χ0v) is 15.5. The molecule has 0 spiro atoms. The van der Waals surface area contributed by atoms with Gasteiger partial charge >= 0.3 is 5.97 Å². The summed E-state index contributed by atoms with van der Waals surface area (Å²) in [5, 5.41) is 4.88. The molecule has 3 rings (SSSR count). The number of carbonyl (C=O) groups is 2. The van der Waals surface area contributed by atoms with E-state index in [2.05, 4.69) is 31.3 Å². The third-order valence-electron chi connectivity index (χ3n) is 6.24. The lowest BCUT2D eigenvalue weighted by molar-refractivity contribution is -0.124. The molecule has 1 aromatic carbocycles. The highest BCUT2D eigenvalue weighted by atomic mass is 35.5. The molecule has 2 atom stereocenters. The number of nitrogens with zero attached hydrogens (tertiary/aromatic N) is 1. The Morgan fingerprint density at radius 3 is 2.52 bits per heavy atom. The van der Waals surface area contributed by atoms with E-state index < -0.39 is 11.9 Å². The van der Waals surface area contributed by atoms with Gasteiger partial charge in [-0.2, -0.15) is 5.10 Å². The van der Waals surface area contributed by atoms with E-state index in [0.717, 1.165) is 18.6 Å². The fourth-order valence-corrected chi connectivity index (χ4v) is 4.19. The van der Waals surface area contributed by atoms with Gasteiger partial charge in [-0.1, -0.05) is 32.4 Å². The number of esters is 1. The van der Waals surface area contributed by atoms with Gasteiger partial charge in [0.2, 0.25) is 0 Å². The Morgan fingerprint density at radius 2 is 1.96 bits per heavy atom. The Kier molecular flexibility index (Phi) is 4.62. The number of nitrogens with one attached hydrogen (secondary N) is 1. The Hall–Kier alpha value is -1.88. The van der Waals surface area contributed by atoms with Gasteiger partial charge in [-0.3, -0.25) is 4.79 Å². The van der Waals surface area contributed by atoms with Crippen molar-refractivity contribution in [3.8, 4) is 0 Å². The molecule has 2 bridgehead atoms. The zero-order chi connectivity index (χ0) is 18.2. The number of hydrogen-bond donors (Lipinski definition) is 1. The normalized spacial score (nSPS) is 28.2. The van der Waals surface area contributed by atoms with Gasteiger partial charge in [0.25, 0.3) is 5.91 Å². The fourth-order valence-electron chi connectivity index (χ4n) is 4.06. The van der Waals surface area contributed by atoms with Gasteiger partial charge in [0.1, 0.15) is 0 Å². The molecule has 1 N–H and O–H groups in total. The minimum absolute atomic E-state index is 0.0327. The minimum Gasteiger partial charge on any atom is -0.452 e. The Morgan fingerprint density at radius 1 is 1.28 bits per heavy atom. The van der Waals surface area contributed by atoms with E-state index in [4.69, 9.17) is 16.3 Å². The van der Waals surface area contributed by atoms with E-state index in [1.165, 1.54) is 6.42 Å². The van der Waals surface area contributed by atoms with Gasteiger partial charge in [-0.05, 0) is 54.9 Å². The van der Waals surface area contributed by atoms with Crippen LogP contribution in [-0.2, 0) is 9.53 Å². The van der Waals surface area contributed by atoms with Crippen LogP contribution in [0.15, 0.2) is 29.4 Å². The molecule has 5 nitrogen and oxygen atoms in total. The maximum atomic E-state index is 11.9. The van der Waals surface area contributed by atoms with Crippen molar-refractivity contribution in [2.24, 2.45) is 21.8 Å². The Labute approximate surface area is 152 Å². The molecular weight excluding hydrogens is 340 g/mol. The van der Waals surface area contributed by atoms with Crippen molar-refractivity contribution in [1.29, 1.82) is 0 Å². The van der Waals surface area contributed by atoms with Crippen LogP contribution in [-0.4, -0.2) is 24.2 Å². The second-order valence-electron chi connectivity index (χ2n) is 7.67. The van der Waals surface area contributed by atoms with Crippen LogP contribution in [0.2, 0.25) is 5.02 Å². The fraction of sp³-hybridized carbons (Fsp3) is 0.526. The first-order chi connectivity index (χ1) is 11.7. The van der Waals surface area contributed by atoms with Gasteiger partial charge < -0.3 is 4.74 Å². The number of hydrogen-bond acceptors (Lipinski definition) is 4. The van der Waals surface area contributed by atoms with Crippen molar-refractivity contribution in [2.75, 3.05) is 6.61 Å². The molecule has 2 fully saturated rings. The predicted octanol–water partition coefficient (Wildman–Crippen LogP) is 3.82. The molecule has 0 radical (unpaired) electrons. The molecular formula is C19H23ClN2O3. The van der Waals surface area contributed by atoms with Gasteiger partial charge in [-0.15, -0.1) is 0 Å². The molecule has 0 heterocycles. The zero-order valence-electron chi connectivity index (χ0n) is 14.8. The Balaban J connectivity index is 1.54. The maximum Gasteiger partial charge on any atom is 0.338 e. The maximum absolute atomic E-state index is 11.9. The number of amides is 1. The number of rotatable bonds is 4. The summed E-state index contributed by atoms with van der Waals surface area (Å²) in [5.74, 6) is -0.373. The van der Waals surface area contributed by atoms with Crippen LogP contribution < -0.4 is 5.43 Å². The standard InChI is InChI=1S/C19H23ClN2O3/c1-18(2)13-8-9-19(18,3)15(10-13)21-22-16(23)11-25-17(24)12-4-6-14(20)7-5-12/h4-7,13H,8-11H2,1-3H3,(H,22,23)/b21-15+. The summed E-state index contributed by atoms with van der Waals surface area (Å²) < 4.78 is 5.01. The quantitative estimate of drug-likeness (QED) is 0.654. The smallest absolute Gasteiger partial charge is 0.338 e. The van der Waals surface area contributed by atoms with Crippen LogP contribution in [0.4, 0.5) is 0 Å². The summed E-state index contributed by atoms with van der Waals surface area (Å²) >= 11 is 5.77. The van der Waals surface area contributed by atoms with Gasteiger partial charge in [-0.25, -0.2) is 10.2 Å². The van der Waals surface area contributed by atoms with Crippen molar-refractivity contribution in [1.82, 2.24) is 5.43 Å². The first-order valence-corrected chi connectivity index (χ1v) is 8.90. The average Bonchev–Trinajstić information content (AvgIpc) is 2.91. The lowest BCUT2D eigenvalue weighted by Gasteiger charge is -2.34. The summed E-state index contributed by atoms with van der Waals surface area (Å²) in [5.41, 5.74) is 4.18. The molecule has 2 aliphatic carbocycles. The highest BCUT2D eigenvalue weighted by molar-refractivity contribution is 6.30. The number of fused-ring (bicyclic) bond motifs is 2. The first kappa shape index (κ1) is 17.9. The van der Waals surface area contributed by atoms with Gasteiger partial charge in [0.05, 0.1) is 5.56 Å². The van der Waals surface area contributed by atoms with Gasteiger partial charge in [0.15, 0.2) is 6.61 Å². The molecule has 2 saturated carbocycles. The van der Waals surface area contributed by atoms with Crippen molar-refractivity contribution in [2.45, 2.75) is 40.0 Å². The molecule has 0 aromatic heterocycles. The number of halogens is 1. The largest absolute Gasteiger partial charge is 0.452 e. The molecule has 134 valence electrons. The molecule has 2 aliphatic rings. The van der Waals surface area contributed by atoms with E-state index in [0.29, 0.717) is 16.5 Å². The third-order valence-corrected chi connectivity index (χ3v) is 6.49. The predicted molar refractivity (Wildman–Crippen MR) is 96.5 cm³/mol. The highest BCUT2D eigenvalue weighted by Crippen LogP contribution is 2.63. The van der Waals surface area contributed by atoms with Crippen molar-refractivity contribution in [3.63, 3.8) is 0 Å². The topological polar surface area (TPSA) is 67.8 Å². The van der Waals surface area contributed by atoms with Crippen molar-refractivity contribution >= 4 is 29.2 Å². The van der Waals surface area contributed by atoms with Crippen LogP contribution in [0.3, 0.4) is 0 Å². The van der Waals surface area contributed by atoms with E-state index in [-0.39, 0.29) is 17.4 Å². The second kappa shape index (κ2) is 6.45. The van der Waals surface area contributed by atoms with Crippen LogP contribution in [0.5, 0.6) is 0 Å². The third kappa shape index (κ3) is 3.17. The summed E-state index contributed by atoms with van der Waals surface area (Å²) in [7, 11) is 0. The monoisotopic (exact) mass is 362 g/mol. The number of ether oxygens (including phenoxy) is 1. The highest BCUT2D eigenvalue weighted by Gasteiger charge is 2.59. The first-order valence-electron chi connectivity index (χ1n) is 8.52. The van der Waals surface area contributed by atoms with E-state index in [9.17, 15) is 9.59 Å². The molecule has 6 heteroatoms.